The fraction of sp³-hybridized carbons (Fsp3) is 0.538. The van der Waals surface area contributed by atoms with Crippen LogP contribution in [0.5, 0.6) is 0 Å². The highest BCUT2D eigenvalue weighted by molar-refractivity contribution is 5.16. The Bertz CT molecular complexity index is 323. The summed E-state index contributed by atoms with van der Waals surface area (Å²) in [6.07, 6.45) is 3.44. The van der Waals surface area contributed by atoms with Gasteiger partial charge in [-0.1, -0.05) is 6.08 Å². The standard InChI is InChI=1S/C13H21NO2/c1-5-7-15-10-11-6-8-16-12(11)9-14-13(2,3)4/h5-6,8,14H,1,7,9-10H2,2-4H3. The van der Waals surface area contributed by atoms with E-state index in [2.05, 4.69) is 32.7 Å². The monoisotopic (exact) mass is 223 g/mol. The summed E-state index contributed by atoms with van der Waals surface area (Å²) in [5.74, 6) is 0.944. The van der Waals surface area contributed by atoms with Crippen molar-refractivity contribution in [3.05, 3.63) is 36.3 Å². The van der Waals surface area contributed by atoms with Crippen molar-refractivity contribution in [2.45, 2.75) is 39.5 Å². The molecule has 0 aromatic carbocycles. The van der Waals surface area contributed by atoms with Gasteiger partial charge < -0.3 is 14.5 Å². The minimum Gasteiger partial charge on any atom is -0.468 e. The molecule has 3 nitrogen and oxygen atoms in total. The van der Waals surface area contributed by atoms with Gasteiger partial charge in [0, 0.05) is 11.1 Å². The van der Waals surface area contributed by atoms with Crippen LogP contribution in [0.3, 0.4) is 0 Å². The first kappa shape index (κ1) is 13.0. The predicted molar refractivity (Wildman–Crippen MR) is 65.2 cm³/mol. The Morgan fingerprint density at radius 2 is 2.25 bits per heavy atom. The molecule has 0 spiro atoms. The van der Waals surface area contributed by atoms with Crippen molar-refractivity contribution in [1.82, 2.24) is 5.32 Å². The Morgan fingerprint density at radius 3 is 2.88 bits per heavy atom. The van der Waals surface area contributed by atoms with Crippen LogP contribution in [0.2, 0.25) is 0 Å². The molecule has 0 saturated carbocycles. The van der Waals surface area contributed by atoms with Crippen LogP contribution in [0.1, 0.15) is 32.1 Å². The topological polar surface area (TPSA) is 34.4 Å². The average molecular weight is 223 g/mol. The lowest BCUT2D eigenvalue weighted by molar-refractivity contribution is 0.147. The quantitative estimate of drug-likeness (QED) is 0.595. The highest BCUT2D eigenvalue weighted by atomic mass is 16.5. The molecule has 0 bridgehead atoms. The molecule has 0 aliphatic rings. The number of nitrogens with one attached hydrogen (secondary N) is 1. The molecule has 0 aliphatic carbocycles. The van der Waals surface area contributed by atoms with E-state index in [1.165, 1.54) is 0 Å². The summed E-state index contributed by atoms with van der Waals surface area (Å²) < 4.78 is 10.8. The number of hydrogen-bond acceptors (Lipinski definition) is 3. The highest BCUT2D eigenvalue weighted by Gasteiger charge is 2.12. The molecule has 0 fully saturated rings. The third-order valence-corrected chi connectivity index (χ3v) is 2.11. The van der Waals surface area contributed by atoms with Gasteiger partial charge >= 0.3 is 0 Å². The molecule has 1 N–H and O–H groups in total. The van der Waals surface area contributed by atoms with E-state index in [0.717, 1.165) is 17.9 Å². The smallest absolute Gasteiger partial charge is 0.123 e. The fourth-order valence-electron chi connectivity index (χ4n) is 1.25. The summed E-state index contributed by atoms with van der Waals surface area (Å²) in [4.78, 5) is 0. The summed E-state index contributed by atoms with van der Waals surface area (Å²) in [6, 6.07) is 1.95. The van der Waals surface area contributed by atoms with Gasteiger partial charge in [-0.25, -0.2) is 0 Å². The number of ether oxygens (including phenoxy) is 1. The van der Waals surface area contributed by atoms with Gasteiger partial charge in [0.05, 0.1) is 26.0 Å². The maximum Gasteiger partial charge on any atom is 0.123 e. The summed E-state index contributed by atoms with van der Waals surface area (Å²) in [6.45, 7) is 11.9. The predicted octanol–water partition coefficient (Wildman–Crippen LogP) is 2.87. The van der Waals surface area contributed by atoms with E-state index < -0.39 is 0 Å². The zero-order chi connectivity index (χ0) is 12.0. The van der Waals surface area contributed by atoms with E-state index in [-0.39, 0.29) is 5.54 Å². The first-order chi connectivity index (χ1) is 7.53. The van der Waals surface area contributed by atoms with Gasteiger partial charge in [-0.3, -0.25) is 0 Å². The van der Waals surface area contributed by atoms with Crippen molar-refractivity contribution in [2.75, 3.05) is 6.61 Å². The second kappa shape index (κ2) is 5.87. The van der Waals surface area contributed by atoms with Gasteiger partial charge in [-0.15, -0.1) is 6.58 Å². The molecule has 1 heterocycles. The van der Waals surface area contributed by atoms with Gasteiger partial charge in [0.2, 0.25) is 0 Å². The van der Waals surface area contributed by atoms with Crippen LogP contribution in [-0.4, -0.2) is 12.1 Å². The molecule has 1 aromatic heterocycles. The molecule has 1 rings (SSSR count). The number of hydrogen-bond donors (Lipinski definition) is 1. The molecule has 90 valence electrons. The minimum absolute atomic E-state index is 0.0893. The van der Waals surface area contributed by atoms with Gasteiger partial charge in [-0.05, 0) is 26.8 Å². The summed E-state index contributed by atoms with van der Waals surface area (Å²) >= 11 is 0. The van der Waals surface area contributed by atoms with Crippen molar-refractivity contribution in [1.29, 1.82) is 0 Å². The second-order valence-electron chi connectivity index (χ2n) is 4.78. The van der Waals surface area contributed by atoms with E-state index in [1.807, 2.05) is 6.07 Å². The molecule has 0 radical (unpaired) electrons. The molecule has 0 unspecified atom stereocenters. The van der Waals surface area contributed by atoms with Gasteiger partial charge in [0.15, 0.2) is 0 Å². The summed E-state index contributed by atoms with van der Waals surface area (Å²) in [7, 11) is 0. The highest BCUT2D eigenvalue weighted by Crippen LogP contribution is 2.13. The first-order valence-corrected chi connectivity index (χ1v) is 5.52. The third kappa shape index (κ3) is 4.64. The van der Waals surface area contributed by atoms with Crippen molar-refractivity contribution >= 4 is 0 Å². The Balaban J connectivity index is 2.47. The average Bonchev–Trinajstić information content (AvgIpc) is 2.62. The molecule has 1 aromatic rings. The molecule has 0 aliphatic heterocycles. The maximum atomic E-state index is 5.42. The molecule has 3 heteroatoms. The van der Waals surface area contributed by atoms with Crippen molar-refractivity contribution in [3.8, 4) is 0 Å². The normalized spacial score (nSPS) is 11.7. The van der Waals surface area contributed by atoms with Crippen LogP contribution in [0.25, 0.3) is 0 Å². The van der Waals surface area contributed by atoms with E-state index in [0.29, 0.717) is 13.2 Å². The van der Waals surface area contributed by atoms with E-state index in [9.17, 15) is 0 Å². The summed E-state index contributed by atoms with van der Waals surface area (Å²) in [5.41, 5.74) is 1.19. The minimum atomic E-state index is 0.0893. The van der Waals surface area contributed by atoms with Crippen LogP contribution in [0.15, 0.2) is 29.4 Å². The van der Waals surface area contributed by atoms with Crippen LogP contribution in [-0.2, 0) is 17.9 Å². The lowest BCUT2D eigenvalue weighted by Gasteiger charge is -2.20. The largest absolute Gasteiger partial charge is 0.468 e. The van der Waals surface area contributed by atoms with Crippen LogP contribution >= 0.6 is 0 Å². The lowest BCUT2D eigenvalue weighted by Crippen LogP contribution is -2.35. The molecule has 0 amide bonds. The zero-order valence-corrected chi connectivity index (χ0v) is 10.4. The van der Waals surface area contributed by atoms with Crippen molar-refractivity contribution < 1.29 is 9.15 Å². The van der Waals surface area contributed by atoms with Crippen molar-refractivity contribution in [2.24, 2.45) is 0 Å². The fourth-order valence-corrected chi connectivity index (χ4v) is 1.25. The molecule has 0 saturated heterocycles. The van der Waals surface area contributed by atoms with E-state index in [4.69, 9.17) is 9.15 Å². The molecule has 16 heavy (non-hydrogen) atoms. The number of rotatable bonds is 6. The van der Waals surface area contributed by atoms with Crippen LogP contribution in [0.4, 0.5) is 0 Å². The van der Waals surface area contributed by atoms with Gasteiger partial charge in [0.1, 0.15) is 5.76 Å². The Hall–Kier alpha value is -1.06. The maximum absolute atomic E-state index is 5.42. The van der Waals surface area contributed by atoms with E-state index in [1.54, 1.807) is 12.3 Å². The Kier molecular flexibility index (Phi) is 4.77. The zero-order valence-electron chi connectivity index (χ0n) is 10.4. The Labute approximate surface area is 97.5 Å². The third-order valence-electron chi connectivity index (χ3n) is 2.11. The molecular weight excluding hydrogens is 202 g/mol. The Morgan fingerprint density at radius 1 is 1.50 bits per heavy atom. The van der Waals surface area contributed by atoms with Gasteiger partial charge in [0.25, 0.3) is 0 Å². The first-order valence-electron chi connectivity index (χ1n) is 5.52. The molecular formula is C13H21NO2. The lowest BCUT2D eigenvalue weighted by atomic mass is 10.1. The van der Waals surface area contributed by atoms with Gasteiger partial charge in [-0.2, -0.15) is 0 Å². The van der Waals surface area contributed by atoms with Crippen LogP contribution < -0.4 is 5.32 Å². The molecule has 0 atom stereocenters. The summed E-state index contributed by atoms with van der Waals surface area (Å²) in [5, 5.41) is 3.39. The number of furan rings is 1. The van der Waals surface area contributed by atoms with E-state index >= 15 is 0 Å². The van der Waals surface area contributed by atoms with Crippen LogP contribution in [0, 0.1) is 0 Å². The SMILES string of the molecule is C=CCOCc1ccoc1CNC(C)(C)C. The second-order valence-corrected chi connectivity index (χ2v) is 4.78. The van der Waals surface area contributed by atoms with Crippen molar-refractivity contribution in [3.63, 3.8) is 0 Å².